The minimum Gasteiger partial charge on any atom is -0.479 e. The molecule has 0 spiro atoms. The Morgan fingerprint density at radius 3 is 3.11 bits per heavy atom. The van der Waals surface area contributed by atoms with Gasteiger partial charge in [0.25, 0.3) is 0 Å². The van der Waals surface area contributed by atoms with E-state index in [9.17, 15) is 0 Å². The third-order valence-corrected chi connectivity index (χ3v) is 1.21. The number of rotatable bonds is 3. The van der Waals surface area contributed by atoms with Gasteiger partial charge in [-0.3, -0.25) is 0 Å². The van der Waals surface area contributed by atoms with Gasteiger partial charge in [0.15, 0.2) is 6.73 Å². The summed E-state index contributed by atoms with van der Waals surface area (Å²) in [5.74, 6) is 0. The van der Waals surface area contributed by atoms with Gasteiger partial charge in [0.1, 0.15) is 6.26 Å². The van der Waals surface area contributed by atoms with Crippen LogP contribution in [0.3, 0.4) is 0 Å². The summed E-state index contributed by atoms with van der Waals surface area (Å²) in [5, 5.41) is 8.44. The fourth-order valence-corrected chi connectivity index (χ4v) is 0.724. The topological polar surface area (TPSA) is 32.7 Å². The van der Waals surface area contributed by atoms with Crippen LogP contribution in [0.5, 0.6) is 0 Å². The SMILES string of the molecule is OCCCN1C=COC1. The van der Waals surface area contributed by atoms with E-state index in [0.29, 0.717) is 6.73 Å². The molecule has 0 fully saturated rings. The Kier molecular flexibility index (Phi) is 2.39. The Balaban J connectivity index is 2.05. The summed E-state index contributed by atoms with van der Waals surface area (Å²) in [6.45, 7) is 1.78. The minimum atomic E-state index is 0.254. The molecule has 0 saturated carbocycles. The molecular weight excluding hydrogens is 118 g/mol. The van der Waals surface area contributed by atoms with Crippen molar-refractivity contribution in [2.75, 3.05) is 19.9 Å². The molecule has 0 atom stereocenters. The second kappa shape index (κ2) is 3.35. The Hall–Kier alpha value is -0.700. The van der Waals surface area contributed by atoms with Gasteiger partial charge in [-0.15, -0.1) is 0 Å². The first-order valence-electron chi connectivity index (χ1n) is 3.06. The maximum absolute atomic E-state index is 8.44. The molecule has 1 N–H and O–H groups in total. The summed E-state index contributed by atoms with van der Waals surface area (Å²) in [5.41, 5.74) is 0. The van der Waals surface area contributed by atoms with Crippen LogP contribution in [0.1, 0.15) is 6.42 Å². The van der Waals surface area contributed by atoms with E-state index in [4.69, 9.17) is 9.84 Å². The highest BCUT2D eigenvalue weighted by molar-refractivity contribution is 4.79. The molecule has 0 radical (unpaired) electrons. The lowest BCUT2D eigenvalue weighted by Crippen LogP contribution is -2.17. The van der Waals surface area contributed by atoms with E-state index >= 15 is 0 Å². The Morgan fingerprint density at radius 1 is 1.67 bits per heavy atom. The van der Waals surface area contributed by atoms with E-state index < -0.39 is 0 Å². The molecule has 0 aliphatic carbocycles. The third-order valence-electron chi connectivity index (χ3n) is 1.21. The highest BCUT2D eigenvalue weighted by Crippen LogP contribution is 2.00. The third kappa shape index (κ3) is 1.93. The second-order valence-electron chi connectivity index (χ2n) is 1.97. The molecule has 1 heterocycles. The smallest absolute Gasteiger partial charge is 0.160 e. The Morgan fingerprint density at radius 2 is 2.56 bits per heavy atom. The molecule has 9 heavy (non-hydrogen) atoms. The van der Waals surface area contributed by atoms with Gasteiger partial charge in [0, 0.05) is 19.4 Å². The predicted molar refractivity (Wildman–Crippen MR) is 33.5 cm³/mol. The lowest BCUT2D eigenvalue weighted by Gasteiger charge is -2.11. The summed E-state index contributed by atoms with van der Waals surface area (Å²) in [6.07, 6.45) is 4.36. The monoisotopic (exact) mass is 129 g/mol. The Labute approximate surface area is 54.5 Å². The zero-order valence-electron chi connectivity index (χ0n) is 5.29. The van der Waals surface area contributed by atoms with Crippen molar-refractivity contribution in [3.8, 4) is 0 Å². The zero-order valence-corrected chi connectivity index (χ0v) is 5.29. The molecule has 1 aliphatic heterocycles. The zero-order chi connectivity index (χ0) is 6.53. The van der Waals surface area contributed by atoms with Crippen LogP contribution in [-0.4, -0.2) is 29.9 Å². The molecular formula is C6H11NO2. The van der Waals surface area contributed by atoms with Crippen molar-refractivity contribution in [1.82, 2.24) is 4.90 Å². The Bertz CT molecular complexity index is 103. The second-order valence-corrected chi connectivity index (χ2v) is 1.97. The fourth-order valence-electron chi connectivity index (χ4n) is 0.724. The number of aliphatic hydroxyl groups excluding tert-OH is 1. The molecule has 0 aromatic carbocycles. The summed E-state index contributed by atoms with van der Waals surface area (Å²) < 4.78 is 4.92. The van der Waals surface area contributed by atoms with Crippen LogP contribution in [0.2, 0.25) is 0 Å². The van der Waals surface area contributed by atoms with Crippen LogP contribution in [0.15, 0.2) is 12.5 Å². The summed E-state index contributed by atoms with van der Waals surface area (Å²) in [7, 11) is 0. The molecule has 1 aliphatic rings. The van der Waals surface area contributed by atoms with E-state index in [1.165, 1.54) is 0 Å². The summed E-state index contributed by atoms with van der Waals surface area (Å²) in [6, 6.07) is 0. The number of ether oxygens (including phenoxy) is 1. The maximum Gasteiger partial charge on any atom is 0.160 e. The molecule has 0 amide bonds. The van der Waals surface area contributed by atoms with E-state index in [2.05, 4.69) is 0 Å². The standard InChI is InChI=1S/C6H11NO2/c8-4-1-2-7-3-5-9-6-7/h3,5,8H,1-2,4,6H2. The number of hydrogen-bond acceptors (Lipinski definition) is 3. The van der Waals surface area contributed by atoms with Gasteiger partial charge in [-0.2, -0.15) is 0 Å². The molecule has 0 saturated heterocycles. The molecule has 0 bridgehead atoms. The van der Waals surface area contributed by atoms with Crippen molar-refractivity contribution in [2.24, 2.45) is 0 Å². The van der Waals surface area contributed by atoms with Gasteiger partial charge in [0.05, 0.1) is 0 Å². The normalized spacial score (nSPS) is 16.3. The van der Waals surface area contributed by atoms with Crippen molar-refractivity contribution >= 4 is 0 Å². The van der Waals surface area contributed by atoms with Gasteiger partial charge in [0.2, 0.25) is 0 Å². The van der Waals surface area contributed by atoms with Crippen LogP contribution in [0.4, 0.5) is 0 Å². The highest BCUT2D eigenvalue weighted by Gasteiger charge is 2.01. The van der Waals surface area contributed by atoms with Crippen LogP contribution in [-0.2, 0) is 4.74 Å². The first kappa shape index (κ1) is 6.42. The molecule has 3 nitrogen and oxygen atoms in total. The molecule has 3 heteroatoms. The minimum absolute atomic E-state index is 0.254. The van der Waals surface area contributed by atoms with Crippen LogP contribution in [0, 0.1) is 0 Å². The predicted octanol–water partition coefficient (Wildman–Crippen LogP) is 0.130. The van der Waals surface area contributed by atoms with Crippen molar-refractivity contribution < 1.29 is 9.84 Å². The van der Waals surface area contributed by atoms with Gasteiger partial charge < -0.3 is 14.7 Å². The largest absolute Gasteiger partial charge is 0.479 e. The van der Waals surface area contributed by atoms with Gasteiger partial charge in [-0.05, 0) is 6.42 Å². The van der Waals surface area contributed by atoms with Crippen LogP contribution < -0.4 is 0 Å². The van der Waals surface area contributed by atoms with Gasteiger partial charge >= 0.3 is 0 Å². The highest BCUT2D eigenvalue weighted by atomic mass is 16.5. The van der Waals surface area contributed by atoms with E-state index in [1.807, 2.05) is 11.1 Å². The summed E-state index contributed by atoms with van der Waals surface area (Å²) in [4.78, 5) is 2.01. The average molecular weight is 129 g/mol. The molecule has 52 valence electrons. The molecule has 1 rings (SSSR count). The number of hydrogen-bond donors (Lipinski definition) is 1. The first-order valence-corrected chi connectivity index (χ1v) is 3.06. The number of nitrogens with zero attached hydrogens (tertiary/aromatic N) is 1. The van der Waals surface area contributed by atoms with Crippen molar-refractivity contribution in [1.29, 1.82) is 0 Å². The van der Waals surface area contributed by atoms with Gasteiger partial charge in [-0.1, -0.05) is 0 Å². The van der Waals surface area contributed by atoms with Crippen molar-refractivity contribution in [2.45, 2.75) is 6.42 Å². The number of aliphatic hydroxyl groups is 1. The first-order chi connectivity index (χ1) is 4.43. The van der Waals surface area contributed by atoms with E-state index in [-0.39, 0.29) is 6.61 Å². The van der Waals surface area contributed by atoms with Crippen LogP contribution in [0.25, 0.3) is 0 Å². The lowest BCUT2D eigenvalue weighted by molar-refractivity contribution is 0.161. The lowest BCUT2D eigenvalue weighted by atomic mass is 10.4. The molecule has 0 aromatic rings. The van der Waals surface area contributed by atoms with Crippen molar-refractivity contribution in [3.63, 3.8) is 0 Å². The molecule has 0 unspecified atom stereocenters. The average Bonchev–Trinajstić information content (AvgIpc) is 2.34. The molecule has 0 aromatic heterocycles. The quantitative estimate of drug-likeness (QED) is 0.588. The van der Waals surface area contributed by atoms with Crippen LogP contribution >= 0.6 is 0 Å². The fraction of sp³-hybridized carbons (Fsp3) is 0.667. The van der Waals surface area contributed by atoms with Gasteiger partial charge in [-0.25, -0.2) is 0 Å². The van der Waals surface area contributed by atoms with E-state index in [1.54, 1.807) is 6.26 Å². The maximum atomic E-state index is 8.44. The summed E-state index contributed by atoms with van der Waals surface area (Å²) >= 11 is 0. The van der Waals surface area contributed by atoms with Crippen molar-refractivity contribution in [3.05, 3.63) is 12.5 Å². The van der Waals surface area contributed by atoms with E-state index in [0.717, 1.165) is 13.0 Å².